The van der Waals surface area contributed by atoms with Gasteiger partial charge in [-0.2, -0.15) is 0 Å². The molecule has 20 heavy (non-hydrogen) atoms. The molecule has 2 aromatic carbocycles. The van der Waals surface area contributed by atoms with Crippen LogP contribution in [-0.4, -0.2) is 11.7 Å². The molecule has 104 valence electrons. The van der Waals surface area contributed by atoms with Crippen molar-refractivity contribution in [2.45, 2.75) is 25.7 Å². The van der Waals surface area contributed by atoms with Crippen molar-refractivity contribution in [1.29, 1.82) is 0 Å². The summed E-state index contributed by atoms with van der Waals surface area (Å²) >= 11 is 1.55. The molecule has 0 fully saturated rings. The third kappa shape index (κ3) is 4.14. The molecule has 2 nitrogen and oxygen atoms in total. The maximum Gasteiger partial charge on any atom is 0.234 e. The number of rotatable bonds is 4. The Bertz CT molecular complexity index is 605. The second-order valence-electron chi connectivity index (χ2n) is 4.97. The van der Waals surface area contributed by atoms with E-state index < -0.39 is 0 Å². The van der Waals surface area contributed by atoms with Crippen LogP contribution in [0.15, 0.2) is 47.4 Å². The van der Waals surface area contributed by atoms with Crippen molar-refractivity contribution in [3.63, 3.8) is 0 Å². The molecule has 0 radical (unpaired) electrons. The lowest BCUT2D eigenvalue weighted by Gasteiger charge is -2.09. The fourth-order valence-corrected chi connectivity index (χ4v) is 2.62. The fourth-order valence-electron chi connectivity index (χ4n) is 1.92. The predicted octanol–water partition coefficient (Wildman–Crippen LogP) is 4.34. The summed E-state index contributed by atoms with van der Waals surface area (Å²) in [5.74, 6) is 0.457. The van der Waals surface area contributed by atoms with E-state index in [9.17, 15) is 4.79 Å². The Labute approximate surface area is 124 Å². The largest absolute Gasteiger partial charge is 0.325 e. The summed E-state index contributed by atoms with van der Waals surface area (Å²) in [5, 5.41) is 2.96. The van der Waals surface area contributed by atoms with Gasteiger partial charge in [0, 0.05) is 10.6 Å². The first-order valence-electron chi connectivity index (χ1n) is 6.61. The minimum Gasteiger partial charge on any atom is -0.325 e. The minimum absolute atomic E-state index is 0.0301. The Morgan fingerprint density at radius 3 is 2.30 bits per heavy atom. The van der Waals surface area contributed by atoms with Gasteiger partial charge < -0.3 is 5.32 Å². The van der Waals surface area contributed by atoms with Crippen molar-refractivity contribution < 1.29 is 4.79 Å². The molecular formula is C17H19NOS. The number of carbonyl (C=O) groups excluding carboxylic acids is 1. The summed E-state index contributed by atoms with van der Waals surface area (Å²) in [6.07, 6.45) is 0. The maximum absolute atomic E-state index is 12.0. The number of hydrogen-bond acceptors (Lipinski definition) is 2. The lowest BCUT2D eigenvalue weighted by Crippen LogP contribution is -2.14. The second-order valence-corrected chi connectivity index (χ2v) is 6.02. The maximum atomic E-state index is 12.0. The van der Waals surface area contributed by atoms with Crippen molar-refractivity contribution >= 4 is 23.4 Å². The van der Waals surface area contributed by atoms with Crippen LogP contribution in [0.1, 0.15) is 16.7 Å². The van der Waals surface area contributed by atoms with Gasteiger partial charge >= 0.3 is 0 Å². The minimum atomic E-state index is 0.0301. The Balaban J connectivity index is 1.90. The quantitative estimate of drug-likeness (QED) is 0.847. The van der Waals surface area contributed by atoms with Gasteiger partial charge in [-0.05, 0) is 44.5 Å². The van der Waals surface area contributed by atoms with Crippen LogP contribution in [-0.2, 0) is 4.79 Å². The van der Waals surface area contributed by atoms with Gasteiger partial charge in [0.15, 0.2) is 0 Å². The van der Waals surface area contributed by atoms with E-state index in [0.29, 0.717) is 5.75 Å². The molecule has 0 aliphatic rings. The summed E-state index contributed by atoms with van der Waals surface area (Å²) in [6, 6.07) is 14.3. The highest BCUT2D eigenvalue weighted by Crippen LogP contribution is 2.20. The van der Waals surface area contributed by atoms with Gasteiger partial charge in [-0.1, -0.05) is 35.4 Å². The van der Waals surface area contributed by atoms with Gasteiger partial charge in [-0.25, -0.2) is 0 Å². The number of aryl methyl sites for hydroxylation is 3. The van der Waals surface area contributed by atoms with Crippen LogP contribution in [0.2, 0.25) is 0 Å². The number of benzene rings is 2. The number of carbonyl (C=O) groups is 1. The van der Waals surface area contributed by atoms with E-state index in [4.69, 9.17) is 0 Å². The number of nitrogens with one attached hydrogen (secondary N) is 1. The van der Waals surface area contributed by atoms with Crippen LogP contribution >= 0.6 is 11.8 Å². The molecule has 0 aliphatic heterocycles. The van der Waals surface area contributed by atoms with Crippen molar-refractivity contribution in [3.8, 4) is 0 Å². The van der Waals surface area contributed by atoms with Crippen LogP contribution in [0.5, 0.6) is 0 Å². The number of hydrogen-bond donors (Lipinski definition) is 1. The zero-order chi connectivity index (χ0) is 14.5. The highest BCUT2D eigenvalue weighted by molar-refractivity contribution is 8.00. The zero-order valence-electron chi connectivity index (χ0n) is 12.1. The van der Waals surface area contributed by atoms with Gasteiger partial charge in [0.25, 0.3) is 0 Å². The number of amides is 1. The predicted molar refractivity (Wildman–Crippen MR) is 86.4 cm³/mol. The first-order chi connectivity index (χ1) is 9.54. The molecule has 2 rings (SSSR count). The Morgan fingerprint density at radius 1 is 1.00 bits per heavy atom. The van der Waals surface area contributed by atoms with Crippen LogP contribution in [0, 0.1) is 20.8 Å². The average Bonchev–Trinajstić information content (AvgIpc) is 2.41. The third-order valence-corrected chi connectivity index (χ3v) is 4.06. The molecular weight excluding hydrogens is 266 g/mol. The molecule has 0 aromatic heterocycles. The molecule has 0 aliphatic carbocycles. The SMILES string of the molecule is Cc1ccc(SCC(=O)Nc2ccc(C)cc2C)cc1. The molecule has 3 heteroatoms. The molecule has 0 atom stereocenters. The molecule has 0 heterocycles. The Kier molecular flexibility index (Phi) is 4.85. The lowest BCUT2D eigenvalue weighted by atomic mass is 10.1. The van der Waals surface area contributed by atoms with Gasteiger partial charge in [0.2, 0.25) is 5.91 Å². The molecule has 0 saturated carbocycles. The second kappa shape index (κ2) is 6.62. The summed E-state index contributed by atoms with van der Waals surface area (Å²) in [6.45, 7) is 6.11. The molecule has 1 amide bonds. The molecule has 0 spiro atoms. The van der Waals surface area contributed by atoms with E-state index in [-0.39, 0.29) is 5.91 Å². The van der Waals surface area contributed by atoms with E-state index in [1.165, 1.54) is 11.1 Å². The van der Waals surface area contributed by atoms with Crippen LogP contribution in [0.4, 0.5) is 5.69 Å². The lowest BCUT2D eigenvalue weighted by molar-refractivity contribution is -0.113. The molecule has 0 saturated heterocycles. The van der Waals surface area contributed by atoms with Gasteiger partial charge in [0.05, 0.1) is 5.75 Å². The van der Waals surface area contributed by atoms with E-state index in [2.05, 4.69) is 30.4 Å². The third-order valence-electron chi connectivity index (χ3n) is 3.05. The Morgan fingerprint density at radius 2 is 1.65 bits per heavy atom. The summed E-state index contributed by atoms with van der Waals surface area (Å²) < 4.78 is 0. The molecule has 0 bridgehead atoms. The van der Waals surface area contributed by atoms with Crippen molar-refractivity contribution in [3.05, 3.63) is 59.2 Å². The molecule has 0 unspecified atom stereocenters. The first kappa shape index (κ1) is 14.7. The monoisotopic (exact) mass is 285 g/mol. The van der Waals surface area contributed by atoms with Crippen molar-refractivity contribution in [1.82, 2.24) is 0 Å². The highest BCUT2D eigenvalue weighted by atomic mass is 32.2. The normalized spacial score (nSPS) is 10.3. The summed E-state index contributed by atoms with van der Waals surface area (Å²) in [5.41, 5.74) is 4.42. The van der Waals surface area contributed by atoms with Gasteiger partial charge in [-0.3, -0.25) is 4.79 Å². The van der Waals surface area contributed by atoms with E-state index in [1.807, 2.05) is 38.1 Å². The van der Waals surface area contributed by atoms with E-state index >= 15 is 0 Å². The summed E-state index contributed by atoms with van der Waals surface area (Å²) in [7, 11) is 0. The first-order valence-corrected chi connectivity index (χ1v) is 7.60. The number of anilines is 1. The van der Waals surface area contributed by atoms with Crippen LogP contribution in [0.3, 0.4) is 0 Å². The van der Waals surface area contributed by atoms with E-state index in [0.717, 1.165) is 16.1 Å². The van der Waals surface area contributed by atoms with Crippen molar-refractivity contribution in [2.24, 2.45) is 0 Å². The topological polar surface area (TPSA) is 29.1 Å². The summed E-state index contributed by atoms with van der Waals surface area (Å²) in [4.78, 5) is 13.1. The molecule has 1 N–H and O–H groups in total. The van der Waals surface area contributed by atoms with Crippen LogP contribution < -0.4 is 5.32 Å². The van der Waals surface area contributed by atoms with Crippen LogP contribution in [0.25, 0.3) is 0 Å². The standard InChI is InChI=1S/C17H19NOS/c1-12-4-7-15(8-5-12)20-11-17(19)18-16-9-6-13(2)10-14(16)3/h4-10H,11H2,1-3H3,(H,18,19). The smallest absolute Gasteiger partial charge is 0.234 e. The fraction of sp³-hybridized carbons (Fsp3) is 0.235. The average molecular weight is 285 g/mol. The van der Waals surface area contributed by atoms with E-state index in [1.54, 1.807) is 11.8 Å². The van der Waals surface area contributed by atoms with Crippen molar-refractivity contribution in [2.75, 3.05) is 11.1 Å². The van der Waals surface area contributed by atoms with Gasteiger partial charge in [-0.15, -0.1) is 11.8 Å². The zero-order valence-corrected chi connectivity index (χ0v) is 12.9. The number of thioether (sulfide) groups is 1. The Hall–Kier alpha value is -1.74. The highest BCUT2D eigenvalue weighted by Gasteiger charge is 2.05. The van der Waals surface area contributed by atoms with Gasteiger partial charge in [0.1, 0.15) is 0 Å². The molecule has 2 aromatic rings.